The molecule has 0 fully saturated rings. The Morgan fingerprint density at radius 2 is 2.00 bits per heavy atom. The van der Waals surface area contributed by atoms with Gasteiger partial charge in [-0.05, 0) is 18.9 Å². The van der Waals surface area contributed by atoms with Gasteiger partial charge in [-0.15, -0.1) is 5.10 Å². The molecule has 3 aromatic rings. The van der Waals surface area contributed by atoms with Crippen LogP contribution >= 0.6 is 11.8 Å². The Hall–Kier alpha value is -2.35. The highest BCUT2D eigenvalue weighted by atomic mass is 32.2. The highest BCUT2D eigenvalue weighted by Gasteiger charge is 2.20. The summed E-state index contributed by atoms with van der Waals surface area (Å²) in [5.41, 5.74) is 0.970. The Bertz CT molecular complexity index is 869. The van der Waals surface area contributed by atoms with Gasteiger partial charge in [0.2, 0.25) is 5.89 Å². The summed E-state index contributed by atoms with van der Waals surface area (Å²) in [7, 11) is 0. The number of nitrogens with one attached hydrogen (secondary N) is 1. The molecular weight excluding hydrogens is 338 g/mol. The number of aryl methyl sites for hydroxylation is 1. The topological polar surface area (TPSA) is 89.6 Å². The van der Waals surface area contributed by atoms with Crippen LogP contribution in [0.5, 0.6) is 0 Å². The van der Waals surface area contributed by atoms with Crippen molar-refractivity contribution in [1.29, 1.82) is 0 Å². The lowest BCUT2D eigenvalue weighted by molar-refractivity contribution is 0.372. The van der Waals surface area contributed by atoms with Crippen molar-refractivity contribution in [2.45, 2.75) is 50.1 Å². The summed E-state index contributed by atoms with van der Waals surface area (Å²) < 4.78 is 6.98. The minimum absolute atomic E-state index is 0.0920. The van der Waals surface area contributed by atoms with Gasteiger partial charge in [0, 0.05) is 12.5 Å². The van der Waals surface area contributed by atoms with Gasteiger partial charge in [-0.25, -0.2) is 9.89 Å². The zero-order chi connectivity index (χ0) is 17.8. The van der Waals surface area contributed by atoms with Gasteiger partial charge in [0.25, 0.3) is 0 Å². The number of hydrogen-bond donors (Lipinski definition) is 1. The molecule has 7 nitrogen and oxygen atoms in total. The first-order valence-corrected chi connectivity index (χ1v) is 9.12. The van der Waals surface area contributed by atoms with Crippen molar-refractivity contribution in [2.24, 2.45) is 0 Å². The second-order valence-corrected chi connectivity index (χ2v) is 7.41. The number of nitrogens with zero attached hydrogens (tertiary/aromatic N) is 4. The Morgan fingerprint density at radius 3 is 2.68 bits per heavy atom. The van der Waals surface area contributed by atoms with Gasteiger partial charge in [-0.3, -0.25) is 4.57 Å². The Labute approximate surface area is 149 Å². The lowest BCUT2D eigenvalue weighted by Gasteiger charge is -2.08. The Morgan fingerprint density at radius 1 is 1.24 bits per heavy atom. The van der Waals surface area contributed by atoms with Crippen molar-refractivity contribution in [2.75, 3.05) is 0 Å². The first-order chi connectivity index (χ1) is 12.0. The normalized spacial score (nSPS) is 12.6. The van der Waals surface area contributed by atoms with Gasteiger partial charge in [-0.1, -0.05) is 61.1 Å². The minimum atomic E-state index is -0.209. The van der Waals surface area contributed by atoms with Gasteiger partial charge in [0.1, 0.15) is 0 Å². The molecule has 0 aliphatic heterocycles. The monoisotopic (exact) mass is 359 g/mol. The van der Waals surface area contributed by atoms with Crippen LogP contribution in [-0.2, 0) is 13.0 Å². The second kappa shape index (κ2) is 7.69. The number of aromatic amines is 1. The van der Waals surface area contributed by atoms with E-state index < -0.39 is 0 Å². The zero-order valence-electron chi connectivity index (χ0n) is 14.5. The number of H-pyrrole nitrogens is 1. The van der Waals surface area contributed by atoms with E-state index in [0.717, 1.165) is 6.42 Å². The summed E-state index contributed by atoms with van der Waals surface area (Å²) >= 11 is 1.43. The van der Waals surface area contributed by atoms with Crippen LogP contribution in [0.2, 0.25) is 0 Å². The maximum Gasteiger partial charge on any atom is 0.343 e. The smallest absolute Gasteiger partial charge is 0.338 e. The predicted molar refractivity (Wildman–Crippen MR) is 95.7 cm³/mol. The molecule has 3 rings (SSSR count). The fourth-order valence-corrected chi connectivity index (χ4v) is 3.24. The third kappa shape index (κ3) is 4.19. The summed E-state index contributed by atoms with van der Waals surface area (Å²) in [5, 5.41) is 11.2. The first-order valence-electron chi connectivity index (χ1n) is 8.24. The maximum atomic E-state index is 12.1. The van der Waals surface area contributed by atoms with E-state index in [0.29, 0.717) is 23.4 Å². The van der Waals surface area contributed by atoms with Gasteiger partial charge in [-0.2, -0.15) is 4.98 Å². The maximum absolute atomic E-state index is 12.1. The fourth-order valence-electron chi connectivity index (χ4n) is 2.33. The molecule has 1 aromatic carbocycles. The van der Waals surface area contributed by atoms with E-state index in [4.69, 9.17) is 4.52 Å². The summed E-state index contributed by atoms with van der Waals surface area (Å²) in [4.78, 5) is 16.5. The standard InChI is InChI=1S/C17H21N5O2S/c1-11(2)14-18-15(24-21-14)12(3)25-17-20-19-16(23)22(17)10-9-13-7-5-4-6-8-13/h4-8,11-12H,9-10H2,1-3H3,(H,19,23). The molecule has 0 spiro atoms. The highest BCUT2D eigenvalue weighted by Crippen LogP contribution is 2.32. The van der Waals surface area contributed by atoms with Crippen molar-refractivity contribution in [3.8, 4) is 0 Å². The van der Waals surface area contributed by atoms with E-state index in [1.54, 1.807) is 4.57 Å². The van der Waals surface area contributed by atoms with Crippen LogP contribution in [-0.4, -0.2) is 24.9 Å². The van der Waals surface area contributed by atoms with E-state index in [9.17, 15) is 4.79 Å². The molecule has 0 aliphatic carbocycles. The first kappa shape index (κ1) is 17.5. The fraction of sp³-hybridized carbons (Fsp3) is 0.412. The molecule has 8 heteroatoms. The molecular formula is C17H21N5O2S. The van der Waals surface area contributed by atoms with Crippen molar-refractivity contribution < 1.29 is 4.52 Å². The second-order valence-electron chi connectivity index (χ2n) is 6.10. The molecule has 2 aromatic heterocycles. The molecule has 0 radical (unpaired) electrons. The zero-order valence-corrected chi connectivity index (χ0v) is 15.3. The summed E-state index contributed by atoms with van der Waals surface area (Å²) in [6.45, 7) is 6.56. The van der Waals surface area contributed by atoms with Crippen LogP contribution < -0.4 is 5.69 Å². The summed E-state index contributed by atoms with van der Waals surface area (Å²) in [6, 6.07) is 10.1. The van der Waals surface area contributed by atoms with Gasteiger partial charge >= 0.3 is 5.69 Å². The van der Waals surface area contributed by atoms with Crippen LogP contribution in [0, 0.1) is 0 Å². The van der Waals surface area contributed by atoms with Crippen molar-refractivity contribution in [3.05, 3.63) is 58.1 Å². The lowest BCUT2D eigenvalue weighted by atomic mass is 10.1. The molecule has 0 aliphatic rings. The largest absolute Gasteiger partial charge is 0.343 e. The predicted octanol–water partition coefficient (Wildman–Crippen LogP) is 3.17. The third-order valence-corrected chi connectivity index (χ3v) is 4.87. The molecule has 0 bridgehead atoms. The molecule has 2 heterocycles. The Balaban J connectivity index is 1.71. The summed E-state index contributed by atoms with van der Waals surface area (Å²) in [5.74, 6) is 1.44. The molecule has 25 heavy (non-hydrogen) atoms. The number of aromatic nitrogens is 5. The molecule has 1 unspecified atom stereocenters. The van der Waals surface area contributed by atoms with E-state index in [-0.39, 0.29) is 16.9 Å². The highest BCUT2D eigenvalue weighted by molar-refractivity contribution is 7.99. The quantitative estimate of drug-likeness (QED) is 0.652. The molecule has 0 saturated carbocycles. The van der Waals surface area contributed by atoms with Crippen molar-refractivity contribution in [1.82, 2.24) is 24.9 Å². The van der Waals surface area contributed by atoms with Crippen LogP contribution in [0.3, 0.4) is 0 Å². The van der Waals surface area contributed by atoms with E-state index >= 15 is 0 Å². The van der Waals surface area contributed by atoms with Crippen LogP contribution in [0.25, 0.3) is 0 Å². The van der Waals surface area contributed by atoms with Crippen molar-refractivity contribution in [3.63, 3.8) is 0 Å². The van der Waals surface area contributed by atoms with Gasteiger partial charge < -0.3 is 4.52 Å². The Kier molecular flexibility index (Phi) is 5.37. The molecule has 0 amide bonds. The van der Waals surface area contributed by atoms with Crippen LogP contribution in [0.4, 0.5) is 0 Å². The molecule has 1 atom stereocenters. The average molecular weight is 359 g/mol. The van der Waals surface area contributed by atoms with E-state index in [2.05, 4.69) is 20.3 Å². The number of thioether (sulfide) groups is 1. The van der Waals surface area contributed by atoms with Gasteiger partial charge in [0.15, 0.2) is 11.0 Å². The van der Waals surface area contributed by atoms with Crippen LogP contribution in [0.1, 0.15) is 49.2 Å². The SMILES string of the molecule is CC(C)c1noc(C(C)Sc2n[nH]c(=O)n2CCc2ccccc2)n1. The number of hydrogen-bond acceptors (Lipinski definition) is 6. The minimum Gasteiger partial charge on any atom is -0.338 e. The number of rotatable bonds is 7. The van der Waals surface area contributed by atoms with Gasteiger partial charge in [0.05, 0.1) is 5.25 Å². The third-order valence-electron chi connectivity index (χ3n) is 3.79. The van der Waals surface area contributed by atoms with E-state index in [1.807, 2.05) is 51.1 Å². The molecule has 132 valence electrons. The number of benzene rings is 1. The van der Waals surface area contributed by atoms with E-state index in [1.165, 1.54) is 17.3 Å². The molecule has 1 N–H and O–H groups in total. The lowest BCUT2D eigenvalue weighted by Crippen LogP contribution is -2.19. The van der Waals surface area contributed by atoms with Crippen molar-refractivity contribution >= 4 is 11.8 Å². The summed E-state index contributed by atoms with van der Waals surface area (Å²) in [6.07, 6.45) is 0.764. The molecule has 0 saturated heterocycles. The van der Waals surface area contributed by atoms with Crippen LogP contribution in [0.15, 0.2) is 44.8 Å². The average Bonchev–Trinajstić information content (AvgIpc) is 3.22.